The summed E-state index contributed by atoms with van der Waals surface area (Å²) in [4.78, 5) is 14.1. The molecule has 0 amide bonds. The van der Waals surface area contributed by atoms with Crippen molar-refractivity contribution in [1.82, 2.24) is 14.8 Å². The summed E-state index contributed by atoms with van der Waals surface area (Å²) in [7, 11) is 1.74. The molecular weight excluding hydrogens is 246 g/mol. The van der Waals surface area contributed by atoms with Crippen LogP contribution in [0.5, 0.6) is 0 Å². The van der Waals surface area contributed by atoms with Gasteiger partial charge in [-0.05, 0) is 0 Å². The highest BCUT2D eigenvalue weighted by atomic mass is 35.5. The monoisotopic (exact) mass is 253 g/mol. The van der Waals surface area contributed by atoms with Crippen LogP contribution in [-0.4, -0.2) is 19.7 Å². The molecule has 0 radical (unpaired) electrons. The maximum atomic E-state index is 10.8. The summed E-state index contributed by atoms with van der Waals surface area (Å²) in [5.74, 6) is 0.463. The van der Waals surface area contributed by atoms with Crippen molar-refractivity contribution < 1.29 is 4.92 Å². The molecule has 0 saturated carbocycles. The molecule has 2 aromatic rings. The minimum absolute atomic E-state index is 0.0323. The average Bonchev–Trinajstić information content (AvgIpc) is 2.67. The van der Waals surface area contributed by atoms with Crippen LogP contribution in [0.4, 0.5) is 17.2 Å². The molecule has 17 heavy (non-hydrogen) atoms. The number of halogens is 1. The molecule has 1 N–H and O–H groups in total. The van der Waals surface area contributed by atoms with Crippen LogP contribution in [0, 0.1) is 10.1 Å². The van der Waals surface area contributed by atoms with Crippen molar-refractivity contribution in [1.29, 1.82) is 0 Å². The third kappa shape index (κ3) is 2.34. The van der Waals surface area contributed by atoms with Gasteiger partial charge < -0.3 is 5.32 Å². The number of aryl methyl sites for hydroxylation is 1. The highest BCUT2D eigenvalue weighted by Gasteiger charge is 2.18. The minimum atomic E-state index is -0.529. The first-order valence-corrected chi connectivity index (χ1v) is 5.01. The van der Waals surface area contributed by atoms with Crippen LogP contribution in [0.3, 0.4) is 0 Å². The molecule has 0 fully saturated rings. The van der Waals surface area contributed by atoms with Gasteiger partial charge in [-0.3, -0.25) is 14.8 Å². The van der Waals surface area contributed by atoms with Gasteiger partial charge >= 0.3 is 0 Å². The quantitative estimate of drug-likeness (QED) is 0.514. The number of nitro groups is 1. The van der Waals surface area contributed by atoms with Crippen LogP contribution in [-0.2, 0) is 7.05 Å². The largest absolute Gasteiger partial charge is 0.331 e. The van der Waals surface area contributed by atoms with E-state index in [9.17, 15) is 10.1 Å². The molecule has 0 aliphatic carbocycles. The molecular formula is C9H8ClN5O2. The average molecular weight is 254 g/mol. The zero-order valence-corrected chi connectivity index (χ0v) is 9.55. The Bertz CT molecular complexity index is 568. The molecule has 0 saturated heterocycles. The van der Waals surface area contributed by atoms with Crippen LogP contribution >= 0.6 is 11.6 Å². The van der Waals surface area contributed by atoms with Crippen molar-refractivity contribution >= 4 is 28.8 Å². The molecule has 0 spiro atoms. The van der Waals surface area contributed by atoms with Crippen molar-refractivity contribution in [3.63, 3.8) is 0 Å². The third-order valence-corrected chi connectivity index (χ3v) is 2.33. The fraction of sp³-hybridized carbons (Fsp3) is 0.111. The third-order valence-electron chi connectivity index (χ3n) is 2.05. The van der Waals surface area contributed by atoms with E-state index in [4.69, 9.17) is 11.6 Å². The number of rotatable bonds is 3. The van der Waals surface area contributed by atoms with E-state index in [1.54, 1.807) is 24.0 Å². The lowest BCUT2D eigenvalue weighted by molar-refractivity contribution is -0.384. The minimum Gasteiger partial charge on any atom is -0.331 e. The van der Waals surface area contributed by atoms with Gasteiger partial charge in [-0.1, -0.05) is 11.6 Å². The summed E-state index contributed by atoms with van der Waals surface area (Å²) in [6.45, 7) is 0. The van der Waals surface area contributed by atoms with Crippen molar-refractivity contribution in [2.24, 2.45) is 7.05 Å². The summed E-state index contributed by atoms with van der Waals surface area (Å²) in [6.07, 6.45) is 2.99. The van der Waals surface area contributed by atoms with Gasteiger partial charge in [-0.2, -0.15) is 5.10 Å². The molecule has 0 aliphatic rings. The van der Waals surface area contributed by atoms with E-state index < -0.39 is 4.92 Å². The van der Waals surface area contributed by atoms with Crippen LogP contribution in [0.15, 0.2) is 24.5 Å². The molecule has 0 atom stereocenters. The van der Waals surface area contributed by atoms with Gasteiger partial charge in [0, 0.05) is 31.6 Å². The van der Waals surface area contributed by atoms with Gasteiger partial charge in [0.15, 0.2) is 16.7 Å². The number of nitrogens with one attached hydrogen (secondary N) is 1. The number of pyridine rings is 1. The van der Waals surface area contributed by atoms with Gasteiger partial charge in [-0.15, -0.1) is 0 Å². The molecule has 8 heteroatoms. The molecule has 0 bridgehead atoms. The van der Waals surface area contributed by atoms with Crippen molar-refractivity contribution in [2.45, 2.75) is 0 Å². The summed E-state index contributed by atoms with van der Waals surface area (Å²) < 4.78 is 1.57. The Balaban J connectivity index is 2.40. The summed E-state index contributed by atoms with van der Waals surface area (Å²) in [6, 6.07) is 2.95. The van der Waals surface area contributed by atoms with Gasteiger partial charge in [0.1, 0.15) is 0 Å². The molecule has 0 unspecified atom stereocenters. The van der Waals surface area contributed by atoms with E-state index >= 15 is 0 Å². The summed E-state index contributed by atoms with van der Waals surface area (Å²) >= 11 is 5.82. The van der Waals surface area contributed by atoms with Crippen LogP contribution in [0.1, 0.15) is 0 Å². The maximum Gasteiger partial charge on any atom is 0.297 e. The van der Waals surface area contributed by atoms with Gasteiger partial charge in [0.05, 0.1) is 4.92 Å². The first kappa shape index (κ1) is 11.3. The normalized spacial score (nSPS) is 10.2. The first-order chi connectivity index (χ1) is 8.08. The van der Waals surface area contributed by atoms with Crippen molar-refractivity contribution in [2.75, 3.05) is 5.32 Å². The highest BCUT2D eigenvalue weighted by molar-refractivity contribution is 6.32. The van der Waals surface area contributed by atoms with E-state index in [2.05, 4.69) is 15.4 Å². The molecule has 2 heterocycles. The Morgan fingerprint density at radius 3 is 2.88 bits per heavy atom. The second-order valence-corrected chi connectivity index (χ2v) is 3.61. The van der Waals surface area contributed by atoms with Gasteiger partial charge in [-0.25, -0.2) is 4.98 Å². The van der Waals surface area contributed by atoms with Gasteiger partial charge in [0.2, 0.25) is 0 Å². The second-order valence-electron chi connectivity index (χ2n) is 3.25. The van der Waals surface area contributed by atoms with E-state index in [0.717, 1.165) is 0 Å². The molecule has 2 rings (SSSR count). The predicted octanol–water partition coefficient (Wildman–Crippen LogP) is 2.12. The molecule has 0 aliphatic heterocycles. The first-order valence-electron chi connectivity index (χ1n) is 4.63. The molecule has 0 aromatic carbocycles. The van der Waals surface area contributed by atoms with Gasteiger partial charge in [0.25, 0.3) is 5.69 Å². The Morgan fingerprint density at radius 1 is 1.53 bits per heavy atom. The lowest BCUT2D eigenvalue weighted by atomic mass is 10.3. The topological polar surface area (TPSA) is 85.9 Å². The number of anilines is 2. The lowest BCUT2D eigenvalue weighted by Gasteiger charge is -2.05. The maximum absolute atomic E-state index is 10.8. The summed E-state index contributed by atoms with van der Waals surface area (Å²) in [5.41, 5.74) is -0.00600. The number of nitrogens with zero attached hydrogens (tertiary/aromatic N) is 4. The van der Waals surface area contributed by atoms with E-state index in [0.29, 0.717) is 5.82 Å². The fourth-order valence-electron chi connectivity index (χ4n) is 1.30. The molecule has 7 nitrogen and oxygen atoms in total. The SMILES string of the molecule is Cn1ccc(Nc2c([N+](=O)[O-])ccnc2Cl)n1. The lowest BCUT2D eigenvalue weighted by Crippen LogP contribution is -2.00. The molecule has 2 aromatic heterocycles. The van der Waals surface area contributed by atoms with Crippen LogP contribution in [0.25, 0.3) is 0 Å². The van der Waals surface area contributed by atoms with E-state index in [-0.39, 0.29) is 16.5 Å². The second kappa shape index (κ2) is 4.38. The van der Waals surface area contributed by atoms with Crippen molar-refractivity contribution in [3.05, 3.63) is 39.8 Å². The fourth-order valence-corrected chi connectivity index (χ4v) is 1.50. The Hall–Kier alpha value is -2.15. The zero-order valence-electron chi connectivity index (χ0n) is 8.79. The van der Waals surface area contributed by atoms with E-state index in [1.807, 2.05) is 0 Å². The summed E-state index contributed by atoms with van der Waals surface area (Å²) in [5, 5.41) is 17.7. The Morgan fingerprint density at radius 2 is 2.29 bits per heavy atom. The Labute approximate surface area is 101 Å². The Kier molecular flexibility index (Phi) is 2.92. The predicted molar refractivity (Wildman–Crippen MR) is 62.4 cm³/mol. The standard InChI is InChI=1S/C9H8ClN5O2/c1-14-5-3-7(13-14)12-8-6(15(16)17)2-4-11-9(8)10/h2-5H,1H3,(H,12,13). The number of aromatic nitrogens is 3. The van der Waals surface area contributed by atoms with Crippen LogP contribution < -0.4 is 5.32 Å². The number of hydrogen-bond donors (Lipinski definition) is 1. The number of hydrogen-bond acceptors (Lipinski definition) is 5. The smallest absolute Gasteiger partial charge is 0.297 e. The van der Waals surface area contributed by atoms with Crippen molar-refractivity contribution in [3.8, 4) is 0 Å². The zero-order chi connectivity index (χ0) is 12.4. The molecule has 88 valence electrons. The highest BCUT2D eigenvalue weighted by Crippen LogP contribution is 2.31. The van der Waals surface area contributed by atoms with Crippen LogP contribution in [0.2, 0.25) is 5.15 Å². The van der Waals surface area contributed by atoms with E-state index in [1.165, 1.54) is 12.3 Å².